The molecule has 0 atom stereocenters. The van der Waals surface area contributed by atoms with Crippen molar-refractivity contribution in [3.05, 3.63) is 59.7 Å². The third-order valence-corrected chi connectivity index (χ3v) is 6.22. The van der Waals surface area contributed by atoms with Crippen molar-refractivity contribution in [1.82, 2.24) is 9.80 Å². The zero-order chi connectivity index (χ0) is 28.3. The van der Waals surface area contributed by atoms with Gasteiger partial charge < -0.3 is 30.7 Å². The van der Waals surface area contributed by atoms with E-state index in [-0.39, 0.29) is 0 Å². The minimum atomic E-state index is 0.585. The van der Waals surface area contributed by atoms with Crippen LogP contribution >= 0.6 is 0 Å². The van der Waals surface area contributed by atoms with E-state index in [9.17, 15) is 0 Å². The van der Waals surface area contributed by atoms with Crippen LogP contribution in [0.3, 0.4) is 0 Å². The first-order chi connectivity index (χ1) is 18.8. The van der Waals surface area contributed by atoms with Crippen molar-refractivity contribution in [3.8, 4) is 11.5 Å². The molecule has 4 N–H and O–H groups in total. The fourth-order valence-electron chi connectivity index (χ4n) is 3.91. The summed E-state index contributed by atoms with van der Waals surface area (Å²) in [7, 11) is 8.25. The lowest BCUT2D eigenvalue weighted by atomic mass is 10.1. The zero-order valence-electron chi connectivity index (χ0n) is 24.6. The van der Waals surface area contributed by atoms with E-state index in [1.165, 1.54) is 6.42 Å². The SMILES string of the molecule is CN(C)CCCN=C(N)c1ccc(OCCCCCCCOc2ccc(C(N)=NCCCN(C)C)cc2)cc1. The van der Waals surface area contributed by atoms with Crippen molar-refractivity contribution in [2.24, 2.45) is 21.5 Å². The highest BCUT2D eigenvalue weighted by Crippen LogP contribution is 2.15. The molecule has 0 aromatic heterocycles. The second-order valence-electron chi connectivity index (χ2n) is 10.4. The smallest absolute Gasteiger partial charge is 0.125 e. The molecule has 0 aliphatic carbocycles. The summed E-state index contributed by atoms with van der Waals surface area (Å²) in [4.78, 5) is 13.2. The van der Waals surface area contributed by atoms with Gasteiger partial charge in [-0.05, 0) is 115 Å². The van der Waals surface area contributed by atoms with Gasteiger partial charge in [-0.15, -0.1) is 0 Å². The Morgan fingerprint density at radius 2 is 0.923 bits per heavy atom. The second-order valence-corrected chi connectivity index (χ2v) is 10.4. The van der Waals surface area contributed by atoms with Crippen LogP contribution in [0.2, 0.25) is 0 Å². The van der Waals surface area contributed by atoms with Gasteiger partial charge in [0.25, 0.3) is 0 Å². The van der Waals surface area contributed by atoms with Gasteiger partial charge in [0, 0.05) is 24.2 Å². The zero-order valence-corrected chi connectivity index (χ0v) is 24.6. The Morgan fingerprint density at radius 1 is 0.564 bits per heavy atom. The molecular formula is C31H50N6O2. The number of nitrogens with zero attached hydrogens (tertiary/aromatic N) is 4. The Bertz CT molecular complexity index is 892. The summed E-state index contributed by atoms with van der Waals surface area (Å²) >= 11 is 0. The summed E-state index contributed by atoms with van der Waals surface area (Å²) < 4.78 is 11.8. The number of hydrogen-bond acceptors (Lipinski definition) is 6. The van der Waals surface area contributed by atoms with Crippen LogP contribution in [-0.2, 0) is 0 Å². The number of ether oxygens (including phenoxy) is 2. The largest absolute Gasteiger partial charge is 0.494 e. The molecule has 216 valence electrons. The summed E-state index contributed by atoms with van der Waals surface area (Å²) in [5, 5.41) is 0. The molecule has 0 bridgehead atoms. The maximum absolute atomic E-state index is 6.10. The molecule has 0 heterocycles. The number of nitrogens with two attached hydrogens (primary N) is 2. The van der Waals surface area contributed by atoms with Gasteiger partial charge in [-0.3, -0.25) is 9.98 Å². The predicted octanol–water partition coefficient (Wildman–Crippen LogP) is 4.41. The minimum Gasteiger partial charge on any atom is -0.494 e. The lowest BCUT2D eigenvalue weighted by Gasteiger charge is -2.09. The molecule has 0 amide bonds. The van der Waals surface area contributed by atoms with Gasteiger partial charge in [0.15, 0.2) is 0 Å². The van der Waals surface area contributed by atoms with E-state index >= 15 is 0 Å². The number of rotatable bonds is 20. The van der Waals surface area contributed by atoms with Gasteiger partial charge in [-0.1, -0.05) is 19.3 Å². The van der Waals surface area contributed by atoms with Crippen molar-refractivity contribution in [2.75, 3.05) is 67.6 Å². The number of aliphatic imine (C=N–C) groups is 2. The standard InChI is InChI=1S/C31H50N6O2/c1-36(2)22-10-20-34-30(32)26-12-16-28(17-13-26)38-24-8-6-5-7-9-25-39-29-18-14-27(15-19-29)31(33)35-21-11-23-37(3)4/h12-19H,5-11,20-25H2,1-4H3,(H2,32,34)(H2,33,35). The number of hydrogen-bond donors (Lipinski definition) is 2. The van der Waals surface area contributed by atoms with E-state index in [0.717, 1.165) is 101 Å². The molecule has 8 nitrogen and oxygen atoms in total. The van der Waals surface area contributed by atoms with Crippen molar-refractivity contribution in [2.45, 2.75) is 44.9 Å². The van der Waals surface area contributed by atoms with Gasteiger partial charge in [0.1, 0.15) is 23.2 Å². The van der Waals surface area contributed by atoms with Gasteiger partial charge in [0.05, 0.1) is 13.2 Å². The maximum atomic E-state index is 6.10. The summed E-state index contributed by atoms with van der Waals surface area (Å²) in [6.07, 6.45) is 7.54. The molecule has 0 fully saturated rings. The highest BCUT2D eigenvalue weighted by Gasteiger charge is 2.02. The topological polar surface area (TPSA) is 102 Å². The average Bonchev–Trinajstić information content (AvgIpc) is 2.92. The molecule has 8 heteroatoms. The first kappa shape index (κ1) is 32.1. The Hall–Kier alpha value is -3.10. The number of benzene rings is 2. The first-order valence-electron chi connectivity index (χ1n) is 14.2. The fourth-order valence-corrected chi connectivity index (χ4v) is 3.91. The van der Waals surface area contributed by atoms with E-state index in [1.54, 1.807) is 0 Å². The van der Waals surface area contributed by atoms with Gasteiger partial charge in [-0.25, -0.2) is 0 Å². The third-order valence-electron chi connectivity index (χ3n) is 6.22. The first-order valence-corrected chi connectivity index (χ1v) is 14.2. The molecule has 0 saturated carbocycles. The lowest BCUT2D eigenvalue weighted by Crippen LogP contribution is -2.16. The minimum absolute atomic E-state index is 0.585. The quantitative estimate of drug-likeness (QED) is 0.147. The average molecular weight is 539 g/mol. The molecular weight excluding hydrogens is 488 g/mol. The van der Waals surface area contributed by atoms with Crippen LogP contribution in [0.1, 0.15) is 56.1 Å². The molecule has 0 aliphatic rings. The van der Waals surface area contributed by atoms with Crippen LogP contribution in [0.15, 0.2) is 58.5 Å². The van der Waals surface area contributed by atoms with E-state index in [0.29, 0.717) is 11.7 Å². The van der Waals surface area contributed by atoms with E-state index in [1.807, 2.05) is 48.5 Å². The molecule has 39 heavy (non-hydrogen) atoms. The third kappa shape index (κ3) is 14.6. The van der Waals surface area contributed by atoms with E-state index in [4.69, 9.17) is 20.9 Å². The van der Waals surface area contributed by atoms with Gasteiger partial charge in [0.2, 0.25) is 0 Å². The fraction of sp³-hybridized carbons (Fsp3) is 0.548. The summed E-state index contributed by atoms with van der Waals surface area (Å²) in [6.45, 7) is 4.94. The normalized spacial score (nSPS) is 12.4. The van der Waals surface area contributed by atoms with Crippen molar-refractivity contribution < 1.29 is 9.47 Å². The van der Waals surface area contributed by atoms with Crippen molar-refractivity contribution in [1.29, 1.82) is 0 Å². The molecule has 2 aromatic carbocycles. The molecule has 0 unspecified atom stereocenters. The van der Waals surface area contributed by atoms with Crippen LogP contribution in [0, 0.1) is 0 Å². The molecule has 2 rings (SSSR count). The Morgan fingerprint density at radius 3 is 1.28 bits per heavy atom. The number of unbranched alkanes of at least 4 members (excludes halogenated alkanes) is 4. The monoisotopic (exact) mass is 538 g/mol. The Balaban J connectivity index is 1.52. The summed E-state index contributed by atoms with van der Waals surface area (Å²) in [5.41, 5.74) is 14.1. The van der Waals surface area contributed by atoms with Crippen molar-refractivity contribution in [3.63, 3.8) is 0 Å². The molecule has 0 saturated heterocycles. The van der Waals surface area contributed by atoms with Crippen LogP contribution in [-0.4, -0.2) is 89.1 Å². The van der Waals surface area contributed by atoms with E-state index < -0.39 is 0 Å². The molecule has 0 spiro atoms. The van der Waals surface area contributed by atoms with Crippen LogP contribution in [0.4, 0.5) is 0 Å². The Kier molecular flexibility index (Phi) is 15.7. The lowest BCUT2D eigenvalue weighted by molar-refractivity contribution is 0.293. The highest BCUT2D eigenvalue weighted by molar-refractivity contribution is 5.98. The summed E-state index contributed by atoms with van der Waals surface area (Å²) in [5.74, 6) is 2.91. The maximum Gasteiger partial charge on any atom is 0.125 e. The highest BCUT2D eigenvalue weighted by atomic mass is 16.5. The number of amidine groups is 2. The van der Waals surface area contributed by atoms with Crippen LogP contribution < -0.4 is 20.9 Å². The van der Waals surface area contributed by atoms with Gasteiger partial charge >= 0.3 is 0 Å². The molecule has 0 aliphatic heterocycles. The van der Waals surface area contributed by atoms with Gasteiger partial charge in [-0.2, -0.15) is 0 Å². The van der Waals surface area contributed by atoms with Crippen molar-refractivity contribution >= 4 is 11.7 Å². The summed E-state index contributed by atoms with van der Waals surface area (Å²) in [6, 6.07) is 15.8. The van der Waals surface area contributed by atoms with E-state index in [2.05, 4.69) is 48.0 Å². The predicted molar refractivity (Wildman–Crippen MR) is 164 cm³/mol. The van der Waals surface area contributed by atoms with Crippen LogP contribution in [0.25, 0.3) is 0 Å². The molecule has 2 aromatic rings. The second kappa shape index (κ2) is 19.0. The van der Waals surface area contributed by atoms with Crippen LogP contribution in [0.5, 0.6) is 11.5 Å². The molecule has 0 radical (unpaired) electrons. The Labute approximate surface area is 236 Å².